The summed E-state index contributed by atoms with van der Waals surface area (Å²) in [4.78, 5) is 13.3. The Morgan fingerprint density at radius 2 is 2.06 bits per heavy atom. The lowest BCUT2D eigenvalue weighted by Crippen LogP contribution is -2.36. The van der Waals surface area contributed by atoms with E-state index in [2.05, 4.69) is 11.0 Å². The molecule has 0 aromatic carbocycles. The van der Waals surface area contributed by atoms with Crippen molar-refractivity contribution in [2.75, 3.05) is 19.6 Å². The van der Waals surface area contributed by atoms with E-state index >= 15 is 0 Å². The van der Waals surface area contributed by atoms with E-state index in [1.54, 1.807) is 0 Å². The number of nitrogens with zero attached hydrogens (tertiary/aromatic N) is 2. The predicted molar refractivity (Wildman–Crippen MR) is 71.6 cm³/mol. The molecule has 0 saturated carbocycles. The SMILES string of the molecule is CC(C)(C#N)CCCN1CCC(CC(N)=O)CC1. The minimum Gasteiger partial charge on any atom is -0.370 e. The fraction of sp³-hybridized carbons (Fsp3) is 0.857. The lowest BCUT2D eigenvalue weighted by atomic mass is 9.89. The molecule has 1 saturated heterocycles. The molecule has 4 nitrogen and oxygen atoms in total. The number of likely N-dealkylation sites (tertiary alicyclic amines) is 1. The Labute approximate surface area is 110 Å². The molecule has 1 aliphatic heterocycles. The molecule has 4 heteroatoms. The van der Waals surface area contributed by atoms with Gasteiger partial charge in [-0.2, -0.15) is 5.26 Å². The van der Waals surface area contributed by atoms with Gasteiger partial charge in [-0.3, -0.25) is 4.79 Å². The second-order valence-corrected chi connectivity index (χ2v) is 6.05. The van der Waals surface area contributed by atoms with Crippen molar-refractivity contribution < 1.29 is 4.79 Å². The summed E-state index contributed by atoms with van der Waals surface area (Å²) in [5.74, 6) is 0.304. The highest BCUT2D eigenvalue weighted by molar-refractivity contribution is 5.73. The molecule has 0 aliphatic carbocycles. The molecule has 0 unspecified atom stereocenters. The molecule has 1 aliphatic rings. The summed E-state index contributed by atoms with van der Waals surface area (Å²) in [6.07, 6.45) is 4.70. The highest BCUT2D eigenvalue weighted by atomic mass is 16.1. The number of nitriles is 1. The van der Waals surface area contributed by atoms with Crippen molar-refractivity contribution in [2.24, 2.45) is 17.1 Å². The third kappa shape index (κ3) is 5.50. The predicted octanol–water partition coefficient (Wildman–Crippen LogP) is 1.90. The third-order valence-corrected chi connectivity index (χ3v) is 3.78. The summed E-state index contributed by atoms with van der Waals surface area (Å²) >= 11 is 0. The average molecular weight is 251 g/mol. The van der Waals surface area contributed by atoms with E-state index in [0.29, 0.717) is 12.3 Å². The number of primary amides is 1. The molecule has 102 valence electrons. The third-order valence-electron chi connectivity index (χ3n) is 3.78. The normalized spacial score (nSPS) is 18.5. The largest absolute Gasteiger partial charge is 0.370 e. The van der Waals surface area contributed by atoms with Gasteiger partial charge in [-0.1, -0.05) is 0 Å². The van der Waals surface area contributed by atoms with Crippen LogP contribution in [0.4, 0.5) is 0 Å². The van der Waals surface area contributed by atoms with Crippen LogP contribution >= 0.6 is 0 Å². The van der Waals surface area contributed by atoms with Crippen LogP contribution in [-0.4, -0.2) is 30.4 Å². The summed E-state index contributed by atoms with van der Waals surface area (Å²) in [5, 5.41) is 8.94. The number of hydrogen-bond acceptors (Lipinski definition) is 3. The Kier molecular flexibility index (Phi) is 5.61. The fourth-order valence-corrected chi connectivity index (χ4v) is 2.50. The van der Waals surface area contributed by atoms with Crippen LogP contribution in [0.1, 0.15) is 46.0 Å². The van der Waals surface area contributed by atoms with Crippen LogP contribution in [0, 0.1) is 22.7 Å². The van der Waals surface area contributed by atoms with Crippen molar-refractivity contribution in [2.45, 2.75) is 46.0 Å². The van der Waals surface area contributed by atoms with Gasteiger partial charge in [0.05, 0.1) is 11.5 Å². The second-order valence-electron chi connectivity index (χ2n) is 6.05. The zero-order valence-corrected chi connectivity index (χ0v) is 11.6. The maximum absolute atomic E-state index is 10.8. The highest BCUT2D eigenvalue weighted by Crippen LogP contribution is 2.23. The summed E-state index contributed by atoms with van der Waals surface area (Å²) < 4.78 is 0. The molecular weight excluding hydrogens is 226 g/mol. The number of carbonyl (C=O) groups is 1. The van der Waals surface area contributed by atoms with Gasteiger partial charge in [-0.25, -0.2) is 0 Å². The molecule has 0 aromatic rings. The molecule has 1 rings (SSSR count). The van der Waals surface area contributed by atoms with Gasteiger partial charge in [-0.05, 0) is 65.1 Å². The van der Waals surface area contributed by atoms with E-state index in [1.165, 1.54) is 0 Å². The zero-order valence-electron chi connectivity index (χ0n) is 11.6. The van der Waals surface area contributed by atoms with Crippen LogP contribution in [0.2, 0.25) is 0 Å². The molecule has 0 bridgehead atoms. The van der Waals surface area contributed by atoms with Crippen LogP contribution in [0.15, 0.2) is 0 Å². The summed E-state index contributed by atoms with van der Waals surface area (Å²) in [6, 6.07) is 2.34. The molecule has 2 N–H and O–H groups in total. The van der Waals surface area contributed by atoms with Gasteiger partial charge in [-0.15, -0.1) is 0 Å². The monoisotopic (exact) mass is 251 g/mol. The summed E-state index contributed by atoms with van der Waals surface area (Å²) in [7, 11) is 0. The molecule has 1 heterocycles. The standard InChI is InChI=1S/C14H25N3O/c1-14(2,11-15)6-3-7-17-8-4-12(5-9-17)10-13(16)18/h12H,3-10H2,1-2H3,(H2,16,18). The number of rotatable bonds is 6. The Hall–Kier alpha value is -1.08. The molecule has 1 fully saturated rings. The number of carbonyl (C=O) groups excluding carboxylic acids is 1. The van der Waals surface area contributed by atoms with Crippen LogP contribution in [0.25, 0.3) is 0 Å². The van der Waals surface area contributed by atoms with Gasteiger partial charge < -0.3 is 10.6 Å². The van der Waals surface area contributed by atoms with Gasteiger partial charge in [0.1, 0.15) is 0 Å². The molecule has 0 radical (unpaired) electrons. The first-order chi connectivity index (χ1) is 8.43. The molecule has 0 spiro atoms. The average Bonchev–Trinajstić information content (AvgIpc) is 2.30. The highest BCUT2D eigenvalue weighted by Gasteiger charge is 2.21. The number of amides is 1. The topological polar surface area (TPSA) is 70.1 Å². The van der Waals surface area contributed by atoms with E-state index in [4.69, 9.17) is 11.0 Å². The van der Waals surface area contributed by atoms with Crippen LogP contribution in [0.5, 0.6) is 0 Å². The molecule has 0 aromatic heterocycles. The molecule has 0 atom stereocenters. The Bertz CT molecular complexity index is 311. The van der Waals surface area contributed by atoms with Gasteiger partial charge >= 0.3 is 0 Å². The van der Waals surface area contributed by atoms with E-state index in [0.717, 1.165) is 45.3 Å². The minimum absolute atomic E-state index is 0.177. The molecule has 18 heavy (non-hydrogen) atoms. The van der Waals surface area contributed by atoms with Gasteiger partial charge in [0.25, 0.3) is 0 Å². The zero-order chi connectivity index (χ0) is 13.6. The quantitative estimate of drug-likeness (QED) is 0.784. The van der Waals surface area contributed by atoms with Crippen LogP contribution in [-0.2, 0) is 4.79 Å². The molecule has 1 amide bonds. The van der Waals surface area contributed by atoms with Crippen LogP contribution in [0.3, 0.4) is 0 Å². The van der Waals surface area contributed by atoms with Crippen molar-refractivity contribution in [1.29, 1.82) is 5.26 Å². The molecular formula is C14H25N3O. The maximum atomic E-state index is 10.8. The first-order valence-corrected chi connectivity index (χ1v) is 6.85. The second kappa shape index (κ2) is 6.75. The number of nitrogens with two attached hydrogens (primary N) is 1. The van der Waals surface area contributed by atoms with Crippen molar-refractivity contribution in [3.8, 4) is 6.07 Å². The van der Waals surface area contributed by atoms with Crippen LogP contribution < -0.4 is 5.73 Å². The first-order valence-electron chi connectivity index (χ1n) is 6.85. The Morgan fingerprint density at radius 3 is 2.56 bits per heavy atom. The Morgan fingerprint density at radius 1 is 1.44 bits per heavy atom. The van der Waals surface area contributed by atoms with Gasteiger partial charge in [0.2, 0.25) is 5.91 Å². The van der Waals surface area contributed by atoms with E-state index < -0.39 is 0 Å². The number of piperidine rings is 1. The van der Waals surface area contributed by atoms with E-state index in [1.807, 2.05) is 13.8 Å². The first kappa shape index (κ1) is 15.0. The summed E-state index contributed by atoms with van der Waals surface area (Å²) in [5.41, 5.74) is 5.01. The lowest BCUT2D eigenvalue weighted by Gasteiger charge is -2.31. The van der Waals surface area contributed by atoms with Crippen molar-refractivity contribution in [3.05, 3.63) is 0 Å². The van der Waals surface area contributed by atoms with Crippen molar-refractivity contribution in [3.63, 3.8) is 0 Å². The van der Waals surface area contributed by atoms with E-state index in [9.17, 15) is 4.79 Å². The maximum Gasteiger partial charge on any atom is 0.217 e. The van der Waals surface area contributed by atoms with Crippen molar-refractivity contribution >= 4 is 5.91 Å². The smallest absolute Gasteiger partial charge is 0.217 e. The van der Waals surface area contributed by atoms with E-state index in [-0.39, 0.29) is 11.3 Å². The Balaban J connectivity index is 2.17. The van der Waals surface area contributed by atoms with Gasteiger partial charge in [0.15, 0.2) is 0 Å². The lowest BCUT2D eigenvalue weighted by molar-refractivity contribution is -0.119. The fourth-order valence-electron chi connectivity index (χ4n) is 2.50. The minimum atomic E-state index is -0.204. The summed E-state index contributed by atoms with van der Waals surface area (Å²) in [6.45, 7) is 7.17. The number of hydrogen-bond donors (Lipinski definition) is 1. The van der Waals surface area contributed by atoms with Gasteiger partial charge in [0, 0.05) is 6.42 Å². The van der Waals surface area contributed by atoms with Crippen molar-refractivity contribution in [1.82, 2.24) is 4.90 Å².